The van der Waals surface area contributed by atoms with Gasteiger partial charge in [-0.05, 0) is 51.9 Å². The van der Waals surface area contributed by atoms with Crippen LogP contribution < -0.4 is 11.1 Å². The number of nitrogens with one attached hydrogen (secondary N) is 1. The fraction of sp³-hybridized carbons (Fsp3) is 0.889. The maximum Gasteiger partial charge on any atom is 0.321 e. The molecule has 24 heavy (non-hydrogen) atoms. The van der Waals surface area contributed by atoms with Crippen molar-refractivity contribution in [3.63, 3.8) is 0 Å². The first kappa shape index (κ1) is 22.9. The Hall–Kier alpha value is -1.14. The normalized spacial score (nSPS) is 15.1. The average Bonchev–Trinajstić information content (AvgIpc) is 2.17. The standard InChI is InChI=1S/C18H36N2O4/c1-15(2,3)24-12(21)10-16(4,5)11-17(6,7)13(14(22)23)20-18(8,9)19/h13,20H,10-11,19H2,1-9H3,(H,22,23). The topological polar surface area (TPSA) is 102 Å². The Labute approximate surface area is 146 Å². The van der Waals surface area contributed by atoms with E-state index in [1.54, 1.807) is 13.8 Å². The van der Waals surface area contributed by atoms with Gasteiger partial charge in [-0.1, -0.05) is 27.7 Å². The first-order valence-electron chi connectivity index (χ1n) is 8.36. The van der Waals surface area contributed by atoms with E-state index in [2.05, 4.69) is 5.32 Å². The first-order valence-corrected chi connectivity index (χ1v) is 8.36. The van der Waals surface area contributed by atoms with E-state index in [1.165, 1.54) is 0 Å². The Kier molecular flexibility index (Phi) is 7.05. The van der Waals surface area contributed by atoms with Gasteiger partial charge in [-0.2, -0.15) is 0 Å². The Bertz CT molecular complexity index is 457. The molecule has 0 aromatic carbocycles. The fourth-order valence-corrected chi connectivity index (χ4v) is 3.13. The highest BCUT2D eigenvalue weighted by Crippen LogP contribution is 2.39. The highest BCUT2D eigenvalue weighted by atomic mass is 16.6. The largest absolute Gasteiger partial charge is 0.480 e. The summed E-state index contributed by atoms with van der Waals surface area (Å²) in [4.78, 5) is 23.8. The molecule has 0 aliphatic heterocycles. The van der Waals surface area contributed by atoms with Crippen molar-refractivity contribution < 1.29 is 19.4 Å². The van der Waals surface area contributed by atoms with Crippen molar-refractivity contribution in [3.8, 4) is 0 Å². The van der Waals surface area contributed by atoms with E-state index in [0.29, 0.717) is 6.42 Å². The second-order valence-electron chi connectivity index (χ2n) is 9.73. The molecular formula is C18H36N2O4. The molecule has 0 aliphatic carbocycles. The first-order chi connectivity index (χ1) is 10.3. The maximum absolute atomic E-state index is 12.1. The Balaban J connectivity index is 5.14. The van der Waals surface area contributed by atoms with Gasteiger partial charge in [0.25, 0.3) is 0 Å². The lowest BCUT2D eigenvalue weighted by molar-refractivity contribution is -0.157. The summed E-state index contributed by atoms with van der Waals surface area (Å²) in [5, 5.41) is 12.6. The van der Waals surface area contributed by atoms with Crippen molar-refractivity contribution in [2.24, 2.45) is 16.6 Å². The molecule has 0 heterocycles. The lowest BCUT2D eigenvalue weighted by Crippen LogP contribution is -2.60. The molecule has 0 aromatic heterocycles. The molecule has 0 aromatic rings. The average molecular weight is 344 g/mol. The van der Waals surface area contributed by atoms with Crippen molar-refractivity contribution in [1.82, 2.24) is 5.32 Å². The molecule has 142 valence electrons. The van der Waals surface area contributed by atoms with Gasteiger partial charge < -0.3 is 15.6 Å². The number of rotatable bonds is 8. The molecule has 1 atom stereocenters. The Morgan fingerprint density at radius 2 is 1.50 bits per heavy atom. The highest BCUT2D eigenvalue weighted by Gasteiger charge is 2.42. The number of nitrogens with two attached hydrogens (primary N) is 1. The molecular weight excluding hydrogens is 308 g/mol. The molecule has 0 amide bonds. The van der Waals surface area contributed by atoms with Crippen LogP contribution in [0.3, 0.4) is 0 Å². The number of carboxylic acids is 1. The summed E-state index contributed by atoms with van der Waals surface area (Å²) in [7, 11) is 0. The number of hydrogen-bond acceptors (Lipinski definition) is 5. The molecule has 1 unspecified atom stereocenters. The van der Waals surface area contributed by atoms with Crippen LogP contribution in [0.5, 0.6) is 0 Å². The molecule has 4 N–H and O–H groups in total. The smallest absolute Gasteiger partial charge is 0.321 e. The molecule has 6 nitrogen and oxygen atoms in total. The van der Waals surface area contributed by atoms with Crippen LogP contribution in [0.4, 0.5) is 0 Å². The summed E-state index contributed by atoms with van der Waals surface area (Å²) >= 11 is 0. The molecule has 0 radical (unpaired) electrons. The second kappa shape index (κ2) is 7.40. The summed E-state index contributed by atoms with van der Waals surface area (Å²) in [6, 6.07) is -0.824. The molecule has 6 heteroatoms. The third-order valence-corrected chi connectivity index (χ3v) is 3.52. The van der Waals surface area contributed by atoms with Crippen molar-refractivity contribution in [2.45, 2.75) is 92.5 Å². The van der Waals surface area contributed by atoms with Gasteiger partial charge in [-0.3, -0.25) is 14.9 Å². The van der Waals surface area contributed by atoms with Crippen molar-refractivity contribution >= 4 is 11.9 Å². The quantitative estimate of drug-likeness (QED) is 0.462. The van der Waals surface area contributed by atoms with E-state index in [1.807, 2.05) is 48.5 Å². The highest BCUT2D eigenvalue weighted by molar-refractivity contribution is 5.75. The lowest BCUT2D eigenvalue weighted by Gasteiger charge is -2.41. The van der Waals surface area contributed by atoms with Gasteiger partial charge >= 0.3 is 11.9 Å². The Morgan fingerprint density at radius 1 is 1.04 bits per heavy atom. The molecule has 0 saturated heterocycles. The number of carbonyl (C=O) groups excluding carboxylic acids is 1. The van der Waals surface area contributed by atoms with Crippen LogP contribution in [0.2, 0.25) is 0 Å². The predicted octanol–water partition coefficient (Wildman–Crippen LogP) is 2.90. The van der Waals surface area contributed by atoms with Gasteiger partial charge in [-0.25, -0.2) is 0 Å². The van der Waals surface area contributed by atoms with Crippen LogP contribution in [0.15, 0.2) is 0 Å². The van der Waals surface area contributed by atoms with E-state index >= 15 is 0 Å². The van der Waals surface area contributed by atoms with Crippen LogP contribution in [0, 0.1) is 10.8 Å². The zero-order chi connectivity index (χ0) is 19.6. The zero-order valence-corrected chi connectivity index (χ0v) is 16.7. The van der Waals surface area contributed by atoms with E-state index in [0.717, 1.165) is 0 Å². The van der Waals surface area contributed by atoms with Crippen molar-refractivity contribution in [3.05, 3.63) is 0 Å². The van der Waals surface area contributed by atoms with Crippen molar-refractivity contribution in [1.29, 1.82) is 0 Å². The van der Waals surface area contributed by atoms with Gasteiger partial charge in [0.15, 0.2) is 0 Å². The molecule has 0 rings (SSSR count). The molecule has 0 fully saturated rings. The summed E-state index contributed by atoms with van der Waals surface area (Å²) in [5.74, 6) is -1.23. The predicted molar refractivity (Wildman–Crippen MR) is 95.5 cm³/mol. The molecule has 0 saturated carbocycles. The van der Waals surface area contributed by atoms with Gasteiger partial charge in [-0.15, -0.1) is 0 Å². The third-order valence-electron chi connectivity index (χ3n) is 3.52. The molecule has 0 spiro atoms. The zero-order valence-electron chi connectivity index (χ0n) is 16.7. The van der Waals surface area contributed by atoms with E-state index in [4.69, 9.17) is 10.5 Å². The maximum atomic E-state index is 12.1. The van der Waals surface area contributed by atoms with Gasteiger partial charge in [0, 0.05) is 0 Å². The summed E-state index contributed by atoms with van der Waals surface area (Å²) in [6.45, 7) is 16.6. The molecule has 0 aliphatic rings. The number of carbonyl (C=O) groups is 2. The summed E-state index contributed by atoms with van der Waals surface area (Å²) in [5.41, 5.74) is 3.59. The third kappa shape index (κ3) is 9.23. The SMILES string of the molecule is CC(C)(CC(=O)OC(C)(C)C)CC(C)(C)C(NC(C)(C)N)C(=O)O. The lowest BCUT2D eigenvalue weighted by atomic mass is 9.69. The molecule has 0 bridgehead atoms. The minimum absolute atomic E-state index is 0.228. The van der Waals surface area contributed by atoms with E-state index < -0.39 is 34.1 Å². The number of esters is 1. The minimum atomic E-state index is -0.952. The van der Waals surface area contributed by atoms with Crippen LogP contribution in [-0.2, 0) is 14.3 Å². The number of aliphatic carboxylic acids is 1. The van der Waals surface area contributed by atoms with Crippen LogP contribution in [0.25, 0.3) is 0 Å². The van der Waals surface area contributed by atoms with E-state index in [-0.39, 0.29) is 12.4 Å². The Morgan fingerprint density at radius 3 is 1.83 bits per heavy atom. The van der Waals surface area contributed by atoms with Gasteiger partial charge in [0.1, 0.15) is 11.6 Å². The van der Waals surface area contributed by atoms with Crippen LogP contribution >= 0.6 is 0 Å². The number of hydrogen-bond donors (Lipinski definition) is 3. The summed E-state index contributed by atoms with van der Waals surface area (Å²) < 4.78 is 5.39. The monoisotopic (exact) mass is 344 g/mol. The van der Waals surface area contributed by atoms with Gasteiger partial charge in [0.05, 0.1) is 12.1 Å². The van der Waals surface area contributed by atoms with Crippen molar-refractivity contribution in [2.75, 3.05) is 0 Å². The van der Waals surface area contributed by atoms with Crippen LogP contribution in [-0.4, -0.2) is 34.4 Å². The van der Waals surface area contributed by atoms with E-state index in [9.17, 15) is 14.7 Å². The number of carboxylic acid groups (broad SMARTS) is 1. The summed E-state index contributed by atoms with van der Waals surface area (Å²) in [6.07, 6.45) is 0.755. The minimum Gasteiger partial charge on any atom is -0.480 e. The second-order valence-corrected chi connectivity index (χ2v) is 9.73. The van der Waals surface area contributed by atoms with Crippen LogP contribution in [0.1, 0.15) is 75.2 Å². The van der Waals surface area contributed by atoms with Gasteiger partial charge in [0.2, 0.25) is 0 Å². The number of ether oxygens (including phenoxy) is 1. The fourth-order valence-electron chi connectivity index (χ4n) is 3.13.